The highest BCUT2D eigenvalue weighted by Crippen LogP contribution is 2.39. The van der Waals surface area contributed by atoms with Crippen molar-refractivity contribution in [3.05, 3.63) is 83.7 Å². The molecule has 2 heterocycles. The lowest BCUT2D eigenvalue weighted by Crippen LogP contribution is -2.36. The van der Waals surface area contributed by atoms with Crippen molar-refractivity contribution in [1.82, 2.24) is 9.71 Å². The SMILES string of the molecule is CC(C)(C)CS(=O)(=O)NC(=O)c1ccccc1-c1ccc2c(c1)OCC(Cc1ccccn1)C2O. The molecule has 0 aliphatic carbocycles. The van der Waals surface area contributed by atoms with Gasteiger partial charge in [0.15, 0.2) is 0 Å². The van der Waals surface area contributed by atoms with Gasteiger partial charge < -0.3 is 9.84 Å². The first kappa shape index (κ1) is 24.9. The Morgan fingerprint density at radius 1 is 1.11 bits per heavy atom. The molecule has 2 unspecified atom stereocenters. The molecular weight excluding hydrogens is 464 g/mol. The number of pyridine rings is 1. The molecule has 0 radical (unpaired) electrons. The summed E-state index contributed by atoms with van der Waals surface area (Å²) in [4.78, 5) is 17.3. The maximum atomic E-state index is 12.9. The first-order valence-corrected chi connectivity index (χ1v) is 13.2. The number of amides is 1. The lowest BCUT2D eigenvalue weighted by Gasteiger charge is -2.30. The Hall–Kier alpha value is -3.23. The molecule has 7 nitrogen and oxygen atoms in total. The molecule has 8 heteroatoms. The summed E-state index contributed by atoms with van der Waals surface area (Å²) in [5.74, 6) is -0.436. The fraction of sp³-hybridized carbons (Fsp3) is 0.333. The van der Waals surface area contributed by atoms with Crippen LogP contribution in [0, 0.1) is 11.3 Å². The van der Waals surface area contributed by atoms with Crippen molar-refractivity contribution in [2.24, 2.45) is 11.3 Å². The van der Waals surface area contributed by atoms with E-state index in [4.69, 9.17) is 4.74 Å². The van der Waals surface area contributed by atoms with Crippen LogP contribution >= 0.6 is 0 Å². The van der Waals surface area contributed by atoms with Crippen molar-refractivity contribution in [1.29, 1.82) is 0 Å². The highest BCUT2D eigenvalue weighted by Gasteiger charge is 2.30. The number of rotatable bonds is 6. The summed E-state index contributed by atoms with van der Waals surface area (Å²) in [5.41, 5.74) is 2.59. The standard InChI is InChI=1S/C27H30N2O5S/c1-27(2,3)17-35(32,33)29-26(31)22-10-5-4-9-21(22)18-11-12-23-24(15-18)34-16-19(25(23)30)14-20-8-6-7-13-28-20/h4-13,15,19,25,30H,14,16-17H2,1-3H3,(H,29,31). The fourth-order valence-corrected chi connectivity index (χ4v) is 5.91. The van der Waals surface area contributed by atoms with E-state index in [2.05, 4.69) is 9.71 Å². The topological polar surface area (TPSA) is 106 Å². The summed E-state index contributed by atoms with van der Waals surface area (Å²) in [6.07, 6.45) is 1.61. The van der Waals surface area contributed by atoms with Crippen molar-refractivity contribution in [2.45, 2.75) is 33.3 Å². The average Bonchev–Trinajstić information content (AvgIpc) is 2.79. The third-order valence-corrected chi connectivity index (χ3v) is 7.53. The zero-order valence-electron chi connectivity index (χ0n) is 20.1. The molecule has 1 aromatic heterocycles. The predicted octanol–water partition coefficient (Wildman–Crippen LogP) is 4.14. The van der Waals surface area contributed by atoms with Gasteiger partial charge in [-0.05, 0) is 47.2 Å². The molecular formula is C27H30N2O5S. The van der Waals surface area contributed by atoms with Gasteiger partial charge in [-0.1, -0.05) is 57.2 Å². The molecule has 2 aromatic carbocycles. The van der Waals surface area contributed by atoms with E-state index in [0.29, 0.717) is 35.5 Å². The van der Waals surface area contributed by atoms with Crippen molar-refractivity contribution >= 4 is 15.9 Å². The Kier molecular flexibility index (Phi) is 6.96. The highest BCUT2D eigenvalue weighted by atomic mass is 32.2. The van der Waals surface area contributed by atoms with E-state index >= 15 is 0 Å². The zero-order chi connectivity index (χ0) is 25.2. The predicted molar refractivity (Wildman–Crippen MR) is 134 cm³/mol. The van der Waals surface area contributed by atoms with E-state index < -0.39 is 27.4 Å². The van der Waals surface area contributed by atoms with Gasteiger partial charge in [0.25, 0.3) is 5.91 Å². The van der Waals surface area contributed by atoms with Gasteiger partial charge in [-0.25, -0.2) is 13.1 Å². The molecule has 184 valence electrons. The van der Waals surface area contributed by atoms with Crippen LogP contribution in [0.1, 0.15) is 48.5 Å². The number of sulfonamides is 1. The van der Waals surface area contributed by atoms with Crippen molar-refractivity contribution in [3.63, 3.8) is 0 Å². The first-order valence-electron chi connectivity index (χ1n) is 11.5. The van der Waals surface area contributed by atoms with E-state index in [1.165, 1.54) is 0 Å². The van der Waals surface area contributed by atoms with Crippen LogP contribution in [0.2, 0.25) is 0 Å². The van der Waals surface area contributed by atoms with Crippen LogP contribution in [0.5, 0.6) is 5.75 Å². The molecule has 1 aliphatic heterocycles. The second-order valence-corrected chi connectivity index (χ2v) is 11.8. The van der Waals surface area contributed by atoms with Crippen LogP contribution in [0.15, 0.2) is 66.9 Å². The first-order chi connectivity index (χ1) is 16.5. The lowest BCUT2D eigenvalue weighted by atomic mass is 9.88. The Balaban J connectivity index is 1.57. The van der Waals surface area contributed by atoms with Crippen LogP contribution in [0.4, 0.5) is 0 Å². The van der Waals surface area contributed by atoms with Gasteiger partial charge in [-0.15, -0.1) is 0 Å². The number of hydrogen-bond donors (Lipinski definition) is 2. The van der Waals surface area contributed by atoms with Crippen LogP contribution in [-0.4, -0.2) is 36.8 Å². The molecule has 1 amide bonds. The number of nitrogens with one attached hydrogen (secondary N) is 1. The fourth-order valence-electron chi connectivity index (χ4n) is 4.31. The molecule has 35 heavy (non-hydrogen) atoms. The number of carbonyl (C=O) groups excluding carboxylic acids is 1. The Labute approximate surface area is 206 Å². The maximum absolute atomic E-state index is 12.9. The van der Waals surface area contributed by atoms with E-state index in [9.17, 15) is 18.3 Å². The van der Waals surface area contributed by atoms with Crippen molar-refractivity contribution in [2.75, 3.05) is 12.4 Å². The van der Waals surface area contributed by atoms with Crippen LogP contribution in [-0.2, 0) is 16.4 Å². The van der Waals surface area contributed by atoms with Gasteiger partial charge in [0.2, 0.25) is 10.0 Å². The van der Waals surface area contributed by atoms with Crippen molar-refractivity contribution in [3.8, 4) is 16.9 Å². The number of aliphatic hydroxyl groups excluding tert-OH is 1. The summed E-state index contributed by atoms with van der Waals surface area (Å²) in [6, 6.07) is 17.9. The highest BCUT2D eigenvalue weighted by molar-refractivity contribution is 7.90. The number of nitrogens with zero attached hydrogens (tertiary/aromatic N) is 1. The smallest absolute Gasteiger partial charge is 0.265 e. The quantitative estimate of drug-likeness (QED) is 0.534. The number of benzene rings is 2. The normalized spacial score (nSPS) is 17.8. The maximum Gasteiger partial charge on any atom is 0.265 e. The second-order valence-electron chi connectivity index (χ2n) is 10.1. The minimum Gasteiger partial charge on any atom is -0.493 e. The number of fused-ring (bicyclic) bond motifs is 1. The molecule has 3 aromatic rings. The van der Waals surface area contributed by atoms with Gasteiger partial charge in [-0.3, -0.25) is 9.78 Å². The zero-order valence-corrected chi connectivity index (χ0v) is 20.9. The van der Waals surface area contributed by atoms with Crippen LogP contribution in [0.25, 0.3) is 11.1 Å². The Bertz CT molecular complexity index is 1320. The monoisotopic (exact) mass is 494 g/mol. The third kappa shape index (κ3) is 6.07. The summed E-state index contributed by atoms with van der Waals surface area (Å²) in [5, 5.41) is 11.0. The van der Waals surface area contributed by atoms with Crippen LogP contribution in [0.3, 0.4) is 0 Å². The number of aromatic nitrogens is 1. The van der Waals surface area contributed by atoms with Gasteiger partial charge in [0.1, 0.15) is 5.75 Å². The van der Waals surface area contributed by atoms with Gasteiger partial charge in [-0.2, -0.15) is 0 Å². The summed E-state index contributed by atoms with van der Waals surface area (Å²) in [6.45, 7) is 5.73. The molecule has 4 rings (SSSR count). The third-order valence-electron chi connectivity index (χ3n) is 5.78. The van der Waals surface area contributed by atoms with Gasteiger partial charge in [0, 0.05) is 28.9 Å². The van der Waals surface area contributed by atoms with E-state index in [-0.39, 0.29) is 17.2 Å². The van der Waals surface area contributed by atoms with E-state index in [1.54, 1.807) is 63.4 Å². The minimum atomic E-state index is -3.80. The molecule has 0 saturated heterocycles. The molecule has 0 saturated carbocycles. The molecule has 2 atom stereocenters. The Morgan fingerprint density at radius 2 is 1.86 bits per heavy atom. The molecule has 2 N–H and O–H groups in total. The number of ether oxygens (including phenoxy) is 1. The summed E-state index contributed by atoms with van der Waals surface area (Å²) >= 11 is 0. The van der Waals surface area contributed by atoms with E-state index in [0.717, 1.165) is 5.69 Å². The number of hydrogen-bond acceptors (Lipinski definition) is 6. The van der Waals surface area contributed by atoms with Crippen molar-refractivity contribution < 1.29 is 23.1 Å². The van der Waals surface area contributed by atoms with Crippen LogP contribution < -0.4 is 9.46 Å². The average molecular weight is 495 g/mol. The summed E-state index contributed by atoms with van der Waals surface area (Å²) < 4.78 is 33.2. The van der Waals surface area contributed by atoms with Gasteiger partial charge in [0.05, 0.1) is 18.5 Å². The Morgan fingerprint density at radius 3 is 2.57 bits per heavy atom. The largest absolute Gasteiger partial charge is 0.493 e. The lowest BCUT2D eigenvalue weighted by molar-refractivity contribution is 0.0503. The summed E-state index contributed by atoms with van der Waals surface area (Å²) in [7, 11) is -3.80. The molecule has 0 fully saturated rings. The van der Waals surface area contributed by atoms with Gasteiger partial charge >= 0.3 is 0 Å². The molecule has 1 aliphatic rings. The molecule has 0 spiro atoms. The number of aliphatic hydroxyl groups is 1. The van der Waals surface area contributed by atoms with E-state index in [1.807, 2.05) is 24.3 Å². The minimum absolute atomic E-state index is 0.130. The number of carbonyl (C=O) groups is 1. The molecule has 0 bridgehead atoms. The second kappa shape index (κ2) is 9.79.